The Hall–Kier alpha value is -1.76. The maximum absolute atomic E-state index is 11.8. The van der Waals surface area contributed by atoms with Gasteiger partial charge in [0.15, 0.2) is 5.75 Å². The van der Waals surface area contributed by atoms with Crippen molar-refractivity contribution in [3.63, 3.8) is 0 Å². The van der Waals surface area contributed by atoms with Crippen molar-refractivity contribution in [3.05, 3.63) is 46.2 Å². The molecule has 0 spiro atoms. The summed E-state index contributed by atoms with van der Waals surface area (Å²) in [6.07, 6.45) is 1.81. The zero-order chi connectivity index (χ0) is 16.1. The summed E-state index contributed by atoms with van der Waals surface area (Å²) in [5, 5.41) is 9.93. The van der Waals surface area contributed by atoms with Crippen LogP contribution in [0.25, 0.3) is 0 Å². The summed E-state index contributed by atoms with van der Waals surface area (Å²) >= 11 is 12.1. The third-order valence-electron chi connectivity index (χ3n) is 3.01. The highest BCUT2D eigenvalue weighted by Crippen LogP contribution is 2.30. The Morgan fingerprint density at radius 1 is 1.41 bits per heavy atom. The van der Waals surface area contributed by atoms with Crippen LogP contribution in [0.2, 0.25) is 10.0 Å². The van der Waals surface area contributed by atoms with Gasteiger partial charge in [-0.05, 0) is 19.1 Å². The number of carbonyl (C=O) groups is 1. The Morgan fingerprint density at radius 2 is 2.18 bits per heavy atom. The lowest BCUT2D eigenvalue weighted by molar-refractivity contribution is 0.0733. The number of aromatic nitrogens is 2. The molecule has 2 aromatic rings. The molecule has 0 aliphatic carbocycles. The van der Waals surface area contributed by atoms with E-state index in [1.807, 2.05) is 0 Å². The molecule has 0 aliphatic heterocycles. The van der Waals surface area contributed by atoms with Crippen molar-refractivity contribution in [3.8, 4) is 5.75 Å². The van der Waals surface area contributed by atoms with Crippen LogP contribution < -0.4 is 10.1 Å². The van der Waals surface area contributed by atoms with E-state index >= 15 is 0 Å². The second kappa shape index (κ2) is 7.49. The fourth-order valence-electron chi connectivity index (χ4n) is 2.03. The number of benzene rings is 1. The molecule has 6 nitrogen and oxygen atoms in total. The predicted molar refractivity (Wildman–Crippen MR) is 83.4 cm³/mol. The van der Waals surface area contributed by atoms with Gasteiger partial charge >= 0.3 is 6.09 Å². The van der Waals surface area contributed by atoms with E-state index in [1.54, 1.807) is 25.1 Å². The van der Waals surface area contributed by atoms with Gasteiger partial charge in [-0.3, -0.25) is 5.10 Å². The van der Waals surface area contributed by atoms with Crippen LogP contribution in [0.3, 0.4) is 0 Å². The molecule has 1 aromatic heterocycles. The van der Waals surface area contributed by atoms with Crippen LogP contribution in [-0.4, -0.2) is 29.4 Å². The van der Waals surface area contributed by atoms with Crippen molar-refractivity contribution in [1.82, 2.24) is 15.5 Å². The highest BCUT2D eigenvalue weighted by molar-refractivity contribution is 6.35. The lowest BCUT2D eigenvalue weighted by Crippen LogP contribution is -2.39. The first-order valence-corrected chi connectivity index (χ1v) is 7.21. The summed E-state index contributed by atoms with van der Waals surface area (Å²) in [7, 11) is 1.54. The van der Waals surface area contributed by atoms with Crippen molar-refractivity contribution in [2.75, 3.05) is 7.11 Å². The molecule has 22 heavy (non-hydrogen) atoms. The fourth-order valence-corrected chi connectivity index (χ4v) is 2.54. The van der Waals surface area contributed by atoms with Gasteiger partial charge in [-0.15, -0.1) is 0 Å². The van der Waals surface area contributed by atoms with Gasteiger partial charge in [0.25, 0.3) is 0 Å². The third-order valence-corrected chi connectivity index (χ3v) is 3.57. The van der Waals surface area contributed by atoms with Gasteiger partial charge in [-0.1, -0.05) is 29.3 Å². The Kier molecular flexibility index (Phi) is 5.65. The molecule has 2 N–H and O–H groups in total. The Balaban J connectivity index is 2.05. The van der Waals surface area contributed by atoms with Crippen LogP contribution in [0.4, 0.5) is 4.79 Å². The maximum Gasteiger partial charge on any atom is 0.413 e. The smallest absolute Gasteiger partial charge is 0.407 e. The third kappa shape index (κ3) is 4.13. The standard InChI is InChI=1S/C14H15Cl2N3O3/c1-8(19-14(20)22-10-6-17-18-7-10)13(21-2)11-4-3-9(15)5-12(11)16/h3-8,13H,1-2H3,(H,17,18)(H,19,20). The maximum atomic E-state index is 11.8. The molecule has 0 bridgehead atoms. The number of amides is 1. The summed E-state index contributed by atoms with van der Waals surface area (Å²) < 4.78 is 10.5. The molecule has 2 unspecified atom stereocenters. The lowest BCUT2D eigenvalue weighted by Gasteiger charge is -2.24. The molecule has 0 saturated carbocycles. The number of nitrogens with one attached hydrogen (secondary N) is 2. The summed E-state index contributed by atoms with van der Waals surface area (Å²) in [4.78, 5) is 11.8. The summed E-state index contributed by atoms with van der Waals surface area (Å²) in [6.45, 7) is 1.79. The zero-order valence-corrected chi connectivity index (χ0v) is 13.5. The van der Waals surface area contributed by atoms with E-state index in [1.165, 1.54) is 19.5 Å². The number of H-pyrrole nitrogens is 1. The largest absolute Gasteiger partial charge is 0.413 e. The van der Waals surface area contributed by atoms with Gasteiger partial charge in [-0.2, -0.15) is 5.10 Å². The number of hydrogen-bond acceptors (Lipinski definition) is 4. The number of methoxy groups -OCH3 is 1. The molecule has 0 radical (unpaired) electrons. The zero-order valence-electron chi connectivity index (χ0n) is 12.0. The number of carbonyl (C=O) groups excluding carboxylic acids is 1. The quantitative estimate of drug-likeness (QED) is 0.869. The van der Waals surface area contributed by atoms with E-state index in [9.17, 15) is 4.79 Å². The van der Waals surface area contributed by atoms with Gasteiger partial charge in [0.2, 0.25) is 0 Å². The second-order valence-electron chi connectivity index (χ2n) is 4.58. The van der Waals surface area contributed by atoms with Gasteiger partial charge in [0, 0.05) is 22.7 Å². The van der Waals surface area contributed by atoms with Crippen LogP contribution in [0.15, 0.2) is 30.6 Å². The minimum absolute atomic E-state index is 0.322. The molecule has 0 fully saturated rings. The number of halogens is 2. The predicted octanol–water partition coefficient (Wildman–Crippen LogP) is 3.58. The molecule has 0 saturated heterocycles. The van der Waals surface area contributed by atoms with Crippen LogP contribution in [-0.2, 0) is 4.74 Å². The van der Waals surface area contributed by atoms with Crippen molar-refractivity contribution in [2.24, 2.45) is 0 Å². The molecule has 0 aliphatic rings. The summed E-state index contributed by atoms with van der Waals surface area (Å²) in [5.41, 5.74) is 0.727. The van der Waals surface area contributed by atoms with Crippen LogP contribution in [0.1, 0.15) is 18.6 Å². The van der Waals surface area contributed by atoms with E-state index in [2.05, 4.69) is 15.5 Å². The Bertz CT molecular complexity index is 634. The second-order valence-corrected chi connectivity index (χ2v) is 5.42. The minimum atomic E-state index is -0.610. The molecule has 2 atom stereocenters. The number of nitrogens with zero attached hydrogens (tertiary/aromatic N) is 1. The van der Waals surface area contributed by atoms with Crippen molar-refractivity contribution in [2.45, 2.75) is 19.1 Å². The number of hydrogen-bond donors (Lipinski definition) is 2. The van der Waals surface area contributed by atoms with E-state index in [0.29, 0.717) is 15.8 Å². The summed E-state index contributed by atoms with van der Waals surface area (Å²) in [6, 6.07) is 4.73. The van der Waals surface area contributed by atoms with Gasteiger partial charge < -0.3 is 14.8 Å². The number of rotatable bonds is 5. The SMILES string of the molecule is COC(c1ccc(Cl)cc1Cl)C(C)NC(=O)Oc1cn[nH]c1. The number of aromatic amines is 1. The van der Waals surface area contributed by atoms with Crippen LogP contribution >= 0.6 is 23.2 Å². The van der Waals surface area contributed by atoms with E-state index < -0.39 is 12.2 Å². The normalized spacial score (nSPS) is 13.5. The highest BCUT2D eigenvalue weighted by atomic mass is 35.5. The molecule has 118 valence electrons. The molecule has 1 aromatic carbocycles. The molecule has 8 heteroatoms. The average molecular weight is 344 g/mol. The summed E-state index contributed by atoms with van der Waals surface area (Å²) in [5.74, 6) is 0.322. The van der Waals surface area contributed by atoms with Gasteiger partial charge in [-0.25, -0.2) is 4.79 Å². The van der Waals surface area contributed by atoms with Crippen molar-refractivity contribution >= 4 is 29.3 Å². The first kappa shape index (κ1) is 16.6. The van der Waals surface area contributed by atoms with Crippen molar-refractivity contribution in [1.29, 1.82) is 0 Å². The van der Waals surface area contributed by atoms with E-state index in [4.69, 9.17) is 32.7 Å². The highest BCUT2D eigenvalue weighted by Gasteiger charge is 2.23. The lowest BCUT2D eigenvalue weighted by atomic mass is 10.0. The Morgan fingerprint density at radius 3 is 2.77 bits per heavy atom. The molecule has 2 rings (SSSR count). The molecular weight excluding hydrogens is 329 g/mol. The van der Waals surface area contributed by atoms with E-state index in [-0.39, 0.29) is 6.04 Å². The van der Waals surface area contributed by atoms with Crippen molar-refractivity contribution < 1.29 is 14.3 Å². The first-order chi connectivity index (χ1) is 10.5. The molecule has 1 heterocycles. The van der Waals surface area contributed by atoms with Gasteiger partial charge in [0.05, 0.1) is 18.4 Å². The first-order valence-electron chi connectivity index (χ1n) is 6.46. The van der Waals surface area contributed by atoms with Gasteiger partial charge in [0.1, 0.15) is 6.10 Å². The minimum Gasteiger partial charge on any atom is -0.407 e. The van der Waals surface area contributed by atoms with E-state index in [0.717, 1.165) is 5.56 Å². The van der Waals surface area contributed by atoms with Crippen LogP contribution in [0, 0.1) is 0 Å². The molecular formula is C14H15Cl2N3O3. The monoisotopic (exact) mass is 343 g/mol. The Labute approximate surface area is 137 Å². The number of ether oxygens (including phenoxy) is 2. The topological polar surface area (TPSA) is 76.2 Å². The average Bonchev–Trinajstić information content (AvgIpc) is 2.94. The van der Waals surface area contributed by atoms with Crippen LogP contribution in [0.5, 0.6) is 5.75 Å². The fraction of sp³-hybridized carbons (Fsp3) is 0.286. The molecule has 1 amide bonds.